The highest BCUT2D eigenvalue weighted by molar-refractivity contribution is 8.01. The van der Waals surface area contributed by atoms with Crippen molar-refractivity contribution in [2.45, 2.75) is 49.1 Å². The Hall–Kier alpha value is -4.95. The number of thioether (sulfide) groups is 1. The number of benzene rings is 4. The molecule has 0 saturated carbocycles. The Bertz CT molecular complexity index is 1840. The van der Waals surface area contributed by atoms with Gasteiger partial charge in [0.2, 0.25) is 5.91 Å². The fraction of sp³-hybridized carbons (Fsp3) is 0.250. The zero-order valence-corrected chi connectivity index (χ0v) is 27.5. The van der Waals surface area contributed by atoms with Gasteiger partial charge in [0.25, 0.3) is 0 Å². The van der Waals surface area contributed by atoms with Gasteiger partial charge in [-0.3, -0.25) is 9.59 Å². The van der Waals surface area contributed by atoms with Gasteiger partial charge in [0.15, 0.2) is 11.9 Å². The maximum absolute atomic E-state index is 14.6. The van der Waals surface area contributed by atoms with Crippen LogP contribution in [0.1, 0.15) is 53.4 Å². The van der Waals surface area contributed by atoms with E-state index in [1.807, 2.05) is 111 Å². The van der Waals surface area contributed by atoms with Crippen molar-refractivity contribution >= 4 is 35.4 Å². The molecular formula is C40H35NO6S. The molecule has 4 atom stereocenters. The van der Waals surface area contributed by atoms with Crippen LogP contribution in [0.3, 0.4) is 0 Å². The minimum absolute atomic E-state index is 0.0411. The average Bonchev–Trinajstić information content (AvgIpc) is 3.66. The number of amides is 1. The van der Waals surface area contributed by atoms with Crippen LogP contribution in [0.5, 0.6) is 0 Å². The highest BCUT2D eigenvalue weighted by atomic mass is 32.2. The number of β-lactam (4-membered cyclic amide) rings is 1. The molecule has 0 radical (unpaired) electrons. The molecular weight excluding hydrogens is 623 g/mol. The minimum Gasteiger partial charge on any atom is -0.457 e. The molecule has 48 heavy (non-hydrogen) atoms. The Balaban J connectivity index is 1.19. The third-order valence-electron chi connectivity index (χ3n) is 9.59. The predicted molar refractivity (Wildman–Crippen MR) is 183 cm³/mol. The van der Waals surface area contributed by atoms with Gasteiger partial charge in [-0.05, 0) is 37.0 Å². The largest absolute Gasteiger partial charge is 0.457 e. The number of esters is 2. The topological polar surface area (TPSA) is 90.0 Å². The number of carbonyl (C=O) groups excluding carboxylic acids is 4. The molecule has 0 bridgehead atoms. The van der Waals surface area contributed by atoms with Crippen LogP contribution < -0.4 is 0 Å². The molecule has 7 nitrogen and oxygen atoms in total. The highest BCUT2D eigenvalue weighted by Crippen LogP contribution is 2.66. The van der Waals surface area contributed by atoms with Crippen LogP contribution in [0.4, 0.5) is 0 Å². The third-order valence-corrected chi connectivity index (χ3v) is 11.3. The lowest BCUT2D eigenvalue weighted by molar-refractivity contribution is -0.179. The first-order valence-electron chi connectivity index (χ1n) is 16.0. The quantitative estimate of drug-likeness (QED) is 0.109. The standard InChI is InChI=1S/C40H35NO6S/c1-39(2)34(36(44)47-33(28-19-11-5-12-20-28)29-21-13-6-14-22-29)41-37(45)40(38(41)48-39)24-23-30(31(40)32(42)27-17-9-4-10-18-27)35(43)46-25-26-15-7-3-8-16-26/h3-23,31,33-34,38H,24-25H2,1-2H3/t31?,34-,38+,40?/m0/s1. The normalized spacial score (nSPS) is 23.7. The number of carbonyl (C=O) groups is 4. The van der Waals surface area contributed by atoms with E-state index < -0.39 is 45.5 Å². The fourth-order valence-electron chi connectivity index (χ4n) is 7.30. The van der Waals surface area contributed by atoms with Gasteiger partial charge in [0.1, 0.15) is 12.6 Å². The molecule has 8 heteroatoms. The summed E-state index contributed by atoms with van der Waals surface area (Å²) in [6.07, 6.45) is 1.21. The van der Waals surface area contributed by atoms with Crippen molar-refractivity contribution in [2.24, 2.45) is 11.3 Å². The summed E-state index contributed by atoms with van der Waals surface area (Å²) in [7, 11) is 0. The molecule has 0 N–H and O–H groups in total. The Labute approximate surface area is 283 Å². The van der Waals surface area contributed by atoms with Gasteiger partial charge < -0.3 is 14.4 Å². The lowest BCUT2D eigenvalue weighted by Crippen LogP contribution is -2.71. The monoisotopic (exact) mass is 657 g/mol. The van der Waals surface area contributed by atoms with Crippen molar-refractivity contribution in [1.29, 1.82) is 0 Å². The third kappa shape index (κ3) is 5.34. The van der Waals surface area contributed by atoms with E-state index in [-0.39, 0.29) is 30.3 Å². The van der Waals surface area contributed by atoms with Crippen molar-refractivity contribution in [3.05, 3.63) is 155 Å². The number of ether oxygens (including phenoxy) is 2. The summed E-state index contributed by atoms with van der Waals surface area (Å²) in [6.45, 7) is 3.89. The van der Waals surface area contributed by atoms with Gasteiger partial charge in [-0.15, -0.1) is 11.8 Å². The van der Waals surface area contributed by atoms with Crippen LogP contribution in [0, 0.1) is 11.3 Å². The summed E-state index contributed by atoms with van der Waals surface area (Å²) < 4.78 is 11.2. The van der Waals surface area contributed by atoms with E-state index in [0.717, 1.165) is 16.7 Å². The van der Waals surface area contributed by atoms with Crippen LogP contribution in [0.2, 0.25) is 0 Å². The van der Waals surface area contributed by atoms with Gasteiger partial charge >= 0.3 is 11.9 Å². The van der Waals surface area contributed by atoms with Crippen LogP contribution in [0.15, 0.2) is 133 Å². The molecule has 3 aliphatic rings. The second-order valence-electron chi connectivity index (χ2n) is 13.0. The zero-order valence-electron chi connectivity index (χ0n) is 26.7. The molecule has 1 spiro atoms. The zero-order chi connectivity index (χ0) is 33.5. The molecule has 2 heterocycles. The molecule has 4 aromatic carbocycles. The van der Waals surface area contributed by atoms with Gasteiger partial charge in [-0.2, -0.15) is 0 Å². The molecule has 4 aromatic rings. The van der Waals surface area contributed by atoms with Gasteiger partial charge in [-0.25, -0.2) is 9.59 Å². The summed E-state index contributed by atoms with van der Waals surface area (Å²) >= 11 is 1.48. The van der Waals surface area contributed by atoms with Crippen molar-refractivity contribution in [1.82, 2.24) is 4.90 Å². The molecule has 0 aromatic heterocycles. The first-order valence-corrected chi connectivity index (χ1v) is 16.9. The second kappa shape index (κ2) is 12.6. The molecule has 2 aliphatic heterocycles. The van der Waals surface area contributed by atoms with E-state index in [2.05, 4.69) is 0 Å². The molecule has 242 valence electrons. The first kappa shape index (κ1) is 31.6. The predicted octanol–water partition coefficient (Wildman–Crippen LogP) is 6.94. The minimum atomic E-state index is -1.23. The van der Waals surface area contributed by atoms with E-state index in [9.17, 15) is 19.2 Å². The van der Waals surface area contributed by atoms with E-state index in [4.69, 9.17) is 9.47 Å². The van der Waals surface area contributed by atoms with Gasteiger partial charge in [0.05, 0.1) is 16.7 Å². The van der Waals surface area contributed by atoms with Gasteiger partial charge in [-0.1, -0.05) is 127 Å². The molecule has 1 amide bonds. The number of Topliss-reactive ketones (excluding diaryl/α,β-unsaturated/α-hetero) is 1. The first-order chi connectivity index (χ1) is 23.2. The number of hydrogen-bond donors (Lipinski definition) is 0. The summed E-state index contributed by atoms with van der Waals surface area (Å²) in [5.41, 5.74) is 1.80. The SMILES string of the molecule is CC1(C)S[C@H]2N(C(=O)C23CC=C(C(=O)OCc2ccccc2)C3C(=O)c2ccccc2)[C@H]1C(=O)OC(c1ccccc1)c1ccccc1. The van der Waals surface area contributed by atoms with Crippen molar-refractivity contribution in [3.63, 3.8) is 0 Å². The van der Waals surface area contributed by atoms with Crippen LogP contribution in [-0.2, 0) is 30.5 Å². The summed E-state index contributed by atoms with van der Waals surface area (Å²) in [4.78, 5) is 58.3. The lowest BCUT2D eigenvalue weighted by atomic mass is 9.64. The number of nitrogens with zero attached hydrogens (tertiary/aromatic N) is 1. The number of fused-ring (bicyclic) bond motifs is 2. The maximum atomic E-state index is 14.6. The summed E-state index contributed by atoms with van der Waals surface area (Å²) in [5, 5.41) is -0.530. The molecule has 7 rings (SSSR count). The van der Waals surface area contributed by atoms with Gasteiger partial charge in [0, 0.05) is 15.9 Å². The van der Waals surface area contributed by atoms with Crippen LogP contribution >= 0.6 is 11.8 Å². The summed E-state index contributed by atoms with van der Waals surface area (Å²) in [6, 6.07) is 36.2. The number of hydrogen-bond acceptors (Lipinski definition) is 7. The van der Waals surface area contributed by atoms with E-state index in [0.29, 0.717) is 5.56 Å². The Kier molecular flexibility index (Phi) is 8.29. The van der Waals surface area contributed by atoms with Crippen LogP contribution in [0.25, 0.3) is 0 Å². The van der Waals surface area contributed by atoms with E-state index in [1.54, 1.807) is 35.2 Å². The number of ketones is 1. The Morgan fingerprint density at radius 2 is 1.35 bits per heavy atom. The second-order valence-corrected chi connectivity index (χ2v) is 14.7. The average molecular weight is 658 g/mol. The number of rotatable bonds is 9. The summed E-state index contributed by atoms with van der Waals surface area (Å²) in [5.74, 6) is -2.85. The fourth-order valence-corrected chi connectivity index (χ4v) is 9.09. The maximum Gasteiger partial charge on any atom is 0.334 e. The molecule has 2 saturated heterocycles. The highest BCUT2D eigenvalue weighted by Gasteiger charge is 2.76. The van der Waals surface area contributed by atoms with E-state index in [1.165, 1.54) is 11.8 Å². The number of allylic oxidation sites excluding steroid dienone is 1. The molecule has 2 fully saturated rings. The lowest BCUT2D eigenvalue weighted by Gasteiger charge is -2.54. The smallest absolute Gasteiger partial charge is 0.334 e. The van der Waals surface area contributed by atoms with Crippen molar-refractivity contribution < 1.29 is 28.7 Å². The molecule has 1 aliphatic carbocycles. The van der Waals surface area contributed by atoms with Crippen molar-refractivity contribution in [2.75, 3.05) is 0 Å². The Morgan fingerprint density at radius 1 is 0.812 bits per heavy atom. The van der Waals surface area contributed by atoms with E-state index >= 15 is 0 Å². The van der Waals surface area contributed by atoms with Crippen LogP contribution in [-0.4, -0.2) is 44.7 Å². The molecule has 2 unspecified atom stereocenters. The van der Waals surface area contributed by atoms with Crippen molar-refractivity contribution in [3.8, 4) is 0 Å². The Morgan fingerprint density at radius 3 is 1.94 bits per heavy atom.